The maximum atomic E-state index is 13.0. The Morgan fingerprint density at radius 3 is 2.64 bits per heavy atom. The first kappa shape index (κ1) is 17.5. The lowest BCUT2D eigenvalue weighted by Crippen LogP contribution is -2.39. The molecule has 1 atom stereocenters. The van der Waals surface area contributed by atoms with Crippen LogP contribution in [0.4, 0.5) is 4.39 Å². The summed E-state index contributed by atoms with van der Waals surface area (Å²) in [6.45, 7) is 2.00. The lowest BCUT2D eigenvalue weighted by Gasteiger charge is -2.34. The van der Waals surface area contributed by atoms with Gasteiger partial charge in [-0.1, -0.05) is 17.3 Å². The zero-order valence-electron chi connectivity index (χ0n) is 14.1. The van der Waals surface area contributed by atoms with E-state index in [9.17, 15) is 14.3 Å². The molecule has 2 heterocycles. The van der Waals surface area contributed by atoms with Gasteiger partial charge >= 0.3 is 0 Å². The van der Waals surface area contributed by atoms with E-state index < -0.39 is 6.10 Å². The van der Waals surface area contributed by atoms with E-state index in [2.05, 4.69) is 10.3 Å². The van der Waals surface area contributed by atoms with Crippen molar-refractivity contribution in [2.24, 2.45) is 5.92 Å². The molecule has 1 aliphatic heterocycles. The van der Waals surface area contributed by atoms with Crippen LogP contribution in [-0.2, 0) is 11.3 Å². The summed E-state index contributed by atoms with van der Waals surface area (Å²) in [4.78, 5) is 14.2. The van der Waals surface area contributed by atoms with Crippen molar-refractivity contribution < 1.29 is 14.3 Å². The number of nitrogens with zero attached hydrogens (tertiary/aromatic N) is 4. The Labute approximate surface area is 146 Å². The van der Waals surface area contributed by atoms with E-state index in [0.717, 1.165) is 24.8 Å². The van der Waals surface area contributed by atoms with E-state index in [-0.39, 0.29) is 17.6 Å². The third-order valence-corrected chi connectivity index (χ3v) is 4.80. The fraction of sp³-hybridized carbons (Fsp3) is 0.500. The van der Waals surface area contributed by atoms with Gasteiger partial charge in [0.05, 0.1) is 12.3 Å². The average Bonchev–Trinajstić information content (AvgIpc) is 3.15. The second-order valence-corrected chi connectivity index (χ2v) is 6.48. The summed E-state index contributed by atoms with van der Waals surface area (Å²) in [6, 6.07) is 5.99. The Hall–Kier alpha value is -2.28. The number of hydrogen-bond acceptors (Lipinski definition) is 4. The smallest absolute Gasteiger partial charge is 0.222 e. The topological polar surface area (TPSA) is 71.2 Å². The highest BCUT2D eigenvalue weighted by Gasteiger charge is 2.28. The zero-order chi connectivity index (χ0) is 17.6. The quantitative estimate of drug-likeness (QED) is 0.870. The Bertz CT molecular complexity index is 667. The lowest BCUT2D eigenvalue weighted by atomic mass is 9.87. The number of carbonyl (C=O) groups is 1. The van der Waals surface area contributed by atoms with Crippen molar-refractivity contribution in [1.82, 2.24) is 19.9 Å². The van der Waals surface area contributed by atoms with E-state index in [4.69, 9.17) is 0 Å². The molecule has 134 valence electrons. The van der Waals surface area contributed by atoms with Crippen LogP contribution in [0.3, 0.4) is 0 Å². The highest BCUT2D eigenvalue weighted by Crippen LogP contribution is 2.31. The molecule has 1 aliphatic rings. The summed E-state index contributed by atoms with van der Waals surface area (Å²) in [7, 11) is 0. The second-order valence-electron chi connectivity index (χ2n) is 6.48. The fourth-order valence-corrected chi connectivity index (χ4v) is 3.30. The molecule has 1 saturated heterocycles. The number of aliphatic hydroxyl groups excluding tert-OH is 1. The van der Waals surface area contributed by atoms with Crippen molar-refractivity contribution >= 4 is 5.91 Å². The van der Waals surface area contributed by atoms with Gasteiger partial charge in [-0.15, -0.1) is 5.10 Å². The molecule has 1 aromatic heterocycles. The van der Waals surface area contributed by atoms with Gasteiger partial charge in [0.15, 0.2) is 0 Å². The molecule has 1 fully saturated rings. The van der Waals surface area contributed by atoms with Gasteiger partial charge in [0.1, 0.15) is 5.82 Å². The van der Waals surface area contributed by atoms with Gasteiger partial charge in [-0.05, 0) is 42.9 Å². The highest BCUT2D eigenvalue weighted by molar-refractivity contribution is 5.76. The molecule has 7 heteroatoms. The zero-order valence-corrected chi connectivity index (χ0v) is 14.1. The second kappa shape index (κ2) is 8.20. The molecule has 2 aromatic rings. The van der Waals surface area contributed by atoms with E-state index in [0.29, 0.717) is 26.1 Å². The van der Waals surface area contributed by atoms with Crippen molar-refractivity contribution in [3.05, 3.63) is 48.0 Å². The minimum absolute atomic E-state index is 0.102. The number of benzene rings is 1. The van der Waals surface area contributed by atoms with Crippen LogP contribution in [0.2, 0.25) is 0 Å². The molecule has 0 bridgehead atoms. The van der Waals surface area contributed by atoms with Crippen molar-refractivity contribution in [2.45, 2.75) is 38.3 Å². The molecule has 0 aliphatic carbocycles. The maximum Gasteiger partial charge on any atom is 0.222 e. The van der Waals surface area contributed by atoms with E-state index in [1.54, 1.807) is 29.2 Å². The molecule has 0 saturated carbocycles. The third-order valence-electron chi connectivity index (χ3n) is 4.80. The minimum atomic E-state index is -0.606. The number of piperidine rings is 1. The summed E-state index contributed by atoms with van der Waals surface area (Å²) in [5, 5.41) is 18.1. The Kier molecular flexibility index (Phi) is 5.75. The number of likely N-dealkylation sites (tertiary alicyclic amines) is 1. The normalized spacial score (nSPS) is 16.8. The highest BCUT2D eigenvalue weighted by atomic mass is 19.1. The van der Waals surface area contributed by atoms with Gasteiger partial charge < -0.3 is 10.0 Å². The van der Waals surface area contributed by atoms with Gasteiger partial charge in [-0.2, -0.15) is 0 Å². The van der Waals surface area contributed by atoms with Gasteiger partial charge in [0.25, 0.3) is 0 Å². The Morgan fingerprint density at radius 2 is 2.00 bits per heavy atom. The number of aryl methyl sites for hydroxylation is 1. The minimum Gasteiger partial charge on any atom is -0.388 e. The van der Waals surface area contributed by atoms with E-state index in [1.807, 2.05) is 4.90 Å². The van der Waals surface area contributed by atoms with Crippen LogP contribution in [0.25, 0.3) is 0 Å². The monoisotopic (exact) mass is 346 g/mol. The first-order valence-corrected chi connectivity index (χ1v) is 8.69. The van der Waals surface area contributed by atoms with Crippen LogP contribution in [0, 0.1) is 11.7 Å². The van der Waals surface area contributed by atoms with Crippen LogP contribution < -0.4 is 0 Å². The standard InChI is InChI=1S/C18H23FN4O2/c19-16-5-3-14(4-6-16)18(25)15-7-11-22(12-8-15)17(24)2-1-10-23-13-9-20-21-23/h3-6,9,13,15,18,25H,1-2,7-8,10-12H2. The van der Waals surface area contributed by atoms with Gasteiger partial charge in [-0.25, -0.2) is 4.39 Å². The molecule has 1 unspecified atom stereocenters. The van der Waals surface area contributed by atoms with Crippen LogP contribution >= 0.6 is 0 Å². The molecule has 1 aromatic carbocycles. The van der Waals surface area contributed by atoms with Crippen LogP contribution in [0.15, 0.2) is 36.7 Å². The van der Waals surface area contributed by atoms with Gasteiger partial charge in [-0.3, -0.25) is 9.48 Å². The van der Waals surface area contributed by atoms with Crippen LogP contribution in [0.5, 0.6) is 0 Å². The number of aromatic nitrogens is 3. The summed E-state index contributed by atoms with van der Waals surface area (Å²) >= 11 is 0. The van der Waals surface area contributed by atoms with E-state index in [1.165, 1.54) is 12.1 Å². The van der Waals surface area contributed by atoms with Crippen molar-refractivity contribution in [3.63, 3.8) is 0 Å². The molecule has 0 spiro atoms. The first-order chi connectivity index (χ1) is 12.1. The fourth-order valence-electron chi connectivity index (χ4n) is 3.30. The molecule has 25 heavy (non-hydrogen) atoms. The predicted octanol–water partition coefficient (Wildman–Crippen LogP) is 2.17. The predicted molar refractivity (Wildman–Crippen MR) is 89.9 cm³/mol. The first-order valence-electron chi connectivity index (χ1n) is 8.69. The summed E-state index contributed by atoms with van der Waals surface area (Å²) < 4.78 is 14.7. The molecular weight excluding hydrogens is 323 g/mol. The van der Waals surface area contributed by atoms with Gasteiger partial charge in [0.2, 0.25) is 5.91 Å². The van der Waals surface area contributed by atoms with E-state index >= 15 is 0 Å². The molecule has 3 rings (SSSR count). The molecule has 6 nitrogen and oxygen atoms in total. The number of amides is 1. The van der Waals surface area contributed by atoms with Gasteiger partial charge in [0, 0.05) is 32.3 Å². The van der Waals surface area contributed by atoms with Crippen LogP contribution in [0.1, 0.15) is 37.4 Å². The Morgan fingerprint density at radius 1 is 1.28 bits per heavy atom. The number of aliphatic hydroxyl groups is 1. The third kappa shape index (κ3) is 4.63. The number of halogens is 1. The molecule has 1 amide bonds. The number of hydrogen-bond donors (Lipinski definition) is 1. The van der Waals surface area contributed by atoms with Crippen LogP contribution in [-0.4, -0.2) is 44.0 Å². The SMILES string of the molecule is O=C(CCCn1ccnn1)N1CCC(C(O)c2ccc(F)cc2)CC1. The van der Waals surface area contributed by atoms with Crippen molar-refractivity contribution in [3.8, 4) is 0 Å². The van der Waals surface area contributed by atoms with Crippen molar-refractivity contribution in [2.75, 3.05) is 13.1 Å². The molecule has 1 N–H and O–H groups in total. The molecular formula is C18H23FN4O2. The van der Waals surface area contributed by atoms with Crippen molar-refractivity contribution in [1.29, 1.82) is 0 Å². The maximum absolute atomic E-state index is 13.0. The lowest BCUT2D eigenvalue weighted by molar-refractivity contribution is -0.133. The number of carbonyl (C=O) groups excluding carboxylic acids is 1. The summed E-state index contributed by atoms with van der Waals surface area (Å²) in [6.07, 6.45) is 5.54. The summed E-state index contributed by atoms with van der Waals surface area (Å²) in [5.41, 5.74) is 0.735. The Balaban J connectivity index is 1.43. The number of rotatable bonds is 6. The summed E-state index contributed by atoms with van der Waals surface area (Å²) in [5.74, 6) is -0.0539. The molecule has 0 radical (unpaired) electrons. The average molecular weight is 346 g/mol. The largest absolute Gasteiger partial charge is 0.388 e.